The molecule has 1 heterocycles. The predicted octanol–water partition coefficient (Wildman–Crippen LogP) is 3.21. The van der Waals surface area contributed by atoms with E-state index >= 15 is 0 Å². The number of rotatable bonds is 3. The Labute approximate surface area is 109 Å². The van der Waals surface area contributed by atoms with Crippen molar-refractivity contribution in [3.8, 4) is 0 Å². The smallest absolute Gasteiger partial charge is 0.255 e. The van der Waals surface area contributed by atoms with Crippen LogP contribution in [0, 0.1) is 5.82 Å². The zero-order valence-electron chi connectivity index (χ0n) is 9.36. The van der Waals surface area contributed by atoms with Crippen molar-refractivity contribution < 1.29 is 9.18 Å². The van der Waals surface area contributed by atoms with E-state index in [0.29, 0.717) is 11.4 Å². The fraction of sp³-hybridized carbons (Fsp3) is 0.0769. The van der Waals surface area contributed by atoms with Crippen LogP contribution >= 0.6 is 11.6 Å². The molecule has 2 rings (SSSR count). The average Bonchev–Trinajstić information content (AvgIpc) is 2.41. The van der Waals surface area contributed by atoms with E-state index in [1.54, 1.807) is 18.2 Å². The highest BCUT2D eigenvalue weighted by Crippen LogP contribution is 2.14. The molecule has 0 saturated heterocycles. The molecule has 0 spiro atoms. The minimum atomic E-state index is -0.570. The molecule has 0 aliphatic rings. The van der Waals surface area contributed by atoms with Gasteiger partial charge >= 0.3 is 0 Å². The van der Waals surface area contributed by atoms with Crippen LogP contribution < -0.4 is 5.32 Å². The molecule has 0 fully saturated rings. The Bertz CT molecular complexity index is 574. The molecule has 0 saturated carbocycles. The third kappa shape index (κ3) is 2.84. The first kappa shape index (κ1) is 12.5. The number of halogens is 2. The van der Waals surface area contributed by atoms with Crippen LogP contribution in [0.1, 0.15) is 15.9 Å². The van der Waals surface area contributed by atoms with Gasteiger partial charge in [0.15, 0.2) is 5.82 Å². The maximum atomic E-state index is 13.3. The van der Waals surface area contributed by atoms with Crippen molar-refractivity contribution in [3.05, 3.63) is 59.7 Å². The highest BCUT2D eigenvalue weighted by Gasteiger charge is 2.09. The molecule has 92 valence electrons. The fourth-order valence-corrected chi connectivity index (χ4v) is 1.63. The van der Waals surface area contributed by atoms with Crippen LogP contribution in [0.3, 0.4) is 0 Å². The van der Waals surface area contributed by atoms with Crippen molar-refractivity contribution in [1.82, 2.24) is 4.98 Å². The molecule has 0 aliphatic heterocycles. The number of benzene rings is 1. The zero-order chi connectivity index (χ0) is 13.0. The summed E-state index contributed by atoms with van der Waals surface area (Å²) < 4.78 is 13.3. The SMILES string of the molecule is O=C(Nc1ccncc1F)c1cccc(CCl)c1. The number of aromatic nitrogens is 1. The minimum absolute atomic E-state index is 0.103. The molecule has 5 heteroatoms. The summed E-state index contributed by atoms with van der Waals surface area (Å²) in [5.74, 6) is -0.628. The second-order valence-electron chi connectivity index (χ2n) is 3.64. The first-order chi connectivity index (χ1) is 8.70. The van der Waals surface area contributed by atoms with Crippen molar-refractivity contribution >= 4 is 23.2 Å². The minimum Gasteiger partial charge on any atom is -0.319 e. The van der Waals surface area contributed by atoms with Gasteiger partial charge in [-0.3, -0.25) is 9.78 Å². The second-order valence-corrected chi connectivity index (χ2v) is 3.91. The van der Waals surface area contributed by atoms with E-state index in [9.17, 15) is 9.18 Å². The summed E-state index contributed by atoms with van der Waals surface area (Å²) in [5.41, 5.74) is 1.37. The molecule has 1 aromatic heterocycles. The lowest BCUT2D eigenvalue weighted by Crippen LogP contribution is -2.13. The summed E-state index contributed by atoms with van der Waals surface area (Å²) in [4.78, 5) is 15.5. The van der Waals surface area contributed by atoms with Gasteiger partial charge in [-0.05, 0) is 23.8 Å². The van der Waals surface area contributed by atoms with Crippen molar-refractivity contribution in [2.45, 2.75) is 5.88 Å². The van der Waals surface area contributed by atoms with Gasteiger partial charge in [0, 0.05) is 17.6 Å². The molecular formula is C13H10ClFN2O. The standard InChI is InChI=1S/C13H10ClFN2O/c14-7-9-2-1-3-10(6-9)13(18)17-12-4-5-16-8-11(12)15/h1-6,8H,7H2,(H,16,17,18). The Morgan fingerprint density at radius 3 is 2.94 bits per heavy atom. The molecule has 1 N–H and O–H groups in total. The predicted molar refractivity (Wildman–Crippen MR) is 68.1 cm³/mol. The number of carbonyl (C=O) groups is 1. The summed E-state index contributed by atoms with van der Waals surface area (Å²) in [5, 5.41) is 2.48. The summed E-state index contributed by atoms with van der Waals surface area (Å²) in [6.45, 7) is 0. The van der Waals surface area contributed by atoms with Gasteiger partial charge in [0.2, 0.25) is 0 Å². The van der Waals surface area contributed by atoms with E-state index in [1.165, 1.54) is 12.3 Å². The van der Waals surface area contributed by atoms with Gasteiger partial charge in [0.1, 0.15) is 0 Å². The number of pyridine rings is 1. The quantitative estimate of drug-likeness (QED) is 0.865. The van der Waals surface area contributed by atoms with Gasteiger partial charge in [-0.2, -0.15) is 0 Å². The fourth-order valence-electron chi connectivity index (χ4n) is 1.47. The van der Waals surface area contributed by atoms with Gasteiger partial charge in [-0.25, -0.2) is 4.39 Å². The van der Waals surface area contributed by atoms with Gasteiger partial charge in [0.05, 0.1) is 11.9 Å². The van der Waals surface area contributed by atoms with Crippen molar-refractivity contribution in [1.29, 1.82) is 0 Å². The van der Waals surface area contributed by atoms with E-state index in [0.717, 1.165) is 11.8 Å². The molecule has 0 unspecified atom stereocenters. The molecule has 2 aromatic rings. The third-order valence-electron chi connectivity index (χ3n) is 2.36. The molecule has 3 nitrogen and oxygen atoms in total. The van der Waals surface area contributed by atoms with Crippen molar-refractivity contribution in [3.63, 3.8) is 0 Å². The van der Waals surface area contributed by atoms with Gasteiger partial charge in [-0.1, -0.05) is 12.1 Å². The topological polar surface area (TPSA) is 42.0 Å². The van der Waals surface area contributed by atoms with E-state index in [4.69, 9.17) is 11.6 Å². The molecule has 0 radical (unpaired) electrons. The number of nitrogens with one attached hydrogen (secondary N) is 1. The summed E-state index contributed by atoms with van der Waals surface area (Å²) >= 11 is 5.69. The first-order valence-electron chi connectivity index (χ1n) is 5.26. The molecule has 1 amide bonds. The molecule has 0 atom stereocenters. The van der Waals surface area contributed by atoms with Gasteiger partial charge in [-0.15, -0.1) is 11.6 Å². The lowest BCUT2D eigenvalue weighted by atomic mass is 10.1. The maximum absolute atomic E-state index is 13.3. The van der Waals surface area contributed by atoms with E-state index in [-0.39, 0.29) is 11.6 Å². The molecule has 1 aromatic carbocycles. The average molecular weight is 265 g/mol. The Kier molecular flexibility index (Phi) is 3.89. The molecule has 0 aliphatic carbocycles. The van der Waals surface area contributed by atoms with Crippen LogP contribution in [0.2, 0.25) is 0 Å². The number of hydrogen-bond donors (Lipinski definition) is 1. The first-order valence-corrected chi connectivity index (χ1v) is 5.80. The normalized spacial score (nSPS) is 10.1. The highest BCUT2D eigenvalue weighted by atomic mass is 35.5. The summed E-state index contributed by atoms with van der Waals surface area (Å²) in [6, 6.07) is 8.26. The number of hydrogen-bond acceptors (Lipinski definition) is 2. The van der Waals surface area contributed by atoms with E-state index < -0.39 is 5.82 Å². The molecular weight excluding hydrogens is 255 g/mol. The molecule has 0 bridgehead atoms. The Morgan fingerprint density at radius 2 is 2.22 bits per heavy atom. The maximum Gasteiger partial charge on any atom is 0.255 e. The van der Waals surface area contributed by atoms with Crippen LogP contribution in [0.25, 0.3) is 0 Å². The lowest BCUT2D eigenvalue weighted by molar-refractivity contribution is 0.102. The largest absolute Gasteiger partial charge is 0.319 e. The molecule has 18 heavy (non-hydrogen) atoms. The second kappa shape index (κ2) is 5.60. The number of alkyl halides is 1. The Balaban J connectivity index is 2.19. The number of amides is 1. The lowest BCUT2D eigenvalue weighted by Gasteiger charge is -2.06. The third-order valence-corrected chi connectivity index (χ3v) is 2.67. The van der Waals surface area contributed by atoms with Crippen LogP contribution in [-0.2, 0) is 5.88 Å². The number of nitrogens with zero attached hydrogens (tertiary/aromatic N) is 1. The monoisotopic (exact) mass is 264 g/mol. The summed E-state index contributed by atoms with van der Waals surface area (Å²) in [6.07, 6.45) is 2.46. The Morgan fingerprint density at radius 1 is 1.39 bits per heavy atom. The van der Waals surface area contributed by atoms with Crippen molar-refractivity contribution in [2.24, 2.45) is 0 Å². The van der Waals surface area contributed by atoms with E-state index in [1.807, 2.05) is 6.07 Å². The van der Waals surface area contributed by atoms with Crippen LogP contribution in [0.5, 0.6) is 0 Å². The Hall–Kier alpha value is -1.94. The van der Waals surface area contributed by atoms with E-state index in [2.05, 4.69) is 10.3 Å². The van der Waals surface area contributed by atoms with Crippen LogP contribution in [0.15, 0.2) is 42.7 Å². The number of anilines is 1. The van der Waals surface area contributed by atoms with Gasteiger partial charge < -0.3 is 5.32 Å². The van der Waals surface area contributed by atoms with Crippen LogP contribution in [-0.4, -0.2) is 10.9 Å². The summed E-state index contributed by atoms with van der Waals surface area (Å²) in [7, 11) is 0. The van der Waals surface area contributed by atoms with Crippen molar-refractivity contribution in [2.75, 3.05) is 5.32 Å². The van der Waals surface area contributed by atoms with Gasteiger partial charge in [0.25, 0.3) is 5.91 Å². The van der Waals surface area contributed by atoms with Crippen LogP contribution in [0.4, 0.5) is 10.1 Å². The zero-order valence-corrected chi connectivity index (χ0v) is 10.1. The number of carbonyl (C=O) groups excluding carboxylic acids is 1. The highest BCUT2D eigenvalue weighted by molar-refractivity contribution is 6.17.